The van der Waals surface area contributed by atoms with E-state index in [0.717, 1.165) is 11.1 Å². The summed E-state index contributed by atoms with van der Waals surface area (Å²) in [4.78, 5) is 16.4. The molecule has 0 aromatic heterocycles. The topological polar surface area (TPSA) is 53.0 Å². The summed E-state index contributed by atoms with van der Waals surface area (Å²) in [6, 6.07) is 17.6. The first kappa shape index (κ1) is 19.2. The molecule has 0 aliphatic carbocycles. The highest BCUT2D eigenvalue weighted by Crippen LogP contribution is 2.34. The van der Waals surface area contributed by atoms with E-state index in [4.69, 9.17) is 4.74 Å². The second-order valence-electron chi connectivity index (χ2n) is 7.88. The average molecular weight is 368 g/mol. The third-order valence-corrected chi connectivity index (χ3v) is 4.68. The van der Waals surface area contributed by atoms with E-state index in [0.29, 0.717) is 31.9 Å². The van der Waals surface area contributed by atoms with Gasteiger partial charge in [0.1, 0.15) is 11.4 Å². The number of amides is 1. The predicted octanol–water partition coefficient (Wildman–Crippen LogP) is 4.03. The maximum Gasteiger partial charge on any atom is 0.410 e. The van der Waals surface area contributed by atoms with Gasteiger partial charge in [-0.3, -0.25) is 4.90 Å². The van der Waals surface area contributed by atoms with Crippen molar-refractivity contribution in [2.24, 2.45) is 0 Å². The summed E-state index contributed by atoms with van der Waals surface area (Å²) in [7, 11) is 0. The highest BCUT2D eigenvalue weighted by Gasteiger charge is 2.31. The van der Waals surface area contributed by atoms with E-state index in [1.807, 2.05) is 57.2 Å². The first-order valence-electron chi connectivity index (χ1n) is 9.40. The van der Waals surface area contributed by atoms with Gasteiger partial charge in [0.25, 0.3) is 0 Å². The summed E-state index contributed by atoms with van der Waals surface area (Å²) >= 11 is 0. The van der Waals surface area contributed by atoms with Gasteiger partial charge in [0.05, 0.1) is 6.04 Å². The van der Waals surface area contributed by atoms with E-state index in [-0.39, 0.29) is 12.1 Å². The van der Waals surface area contributed by atoms with Gasteiger partial charge in [-0.15, -0.1) is 0 Å². The molecule has 0 bridgehead atoms. The zero-order chi connectivity index (χ0) is 19.4. The van der Waals surface area contributed by atoms with E-state index in [2.05, 4.69) is 17.0 Å². The smallest absolute Gasteiger partial charge is 0.410 e. The van der Waals surface area contributed by atoms with Crippen molar-refractivity contribution in [3.05, 3.63) is 65.7 Å². The number of aromatic hydroxyl groups is 1. The second kappa shape index (κ2) is 8.01. The third-order valence-electron chi connectivity index (χ3n) is 4.68. The molecule has 1 unspecified atom stereocenters. The first-order valence-corrected chi connectivity index (χ1v) is 9.40. The van der Waals surface area contributed by atoms with Crippen molar-refractivity contribution in [3.63, 3.8) is 0 Å². The zero-order valence-electron chi connectivity index (χ0n) is 16.3. The largest absolute Gasteiger partial charge is 0.508 e. The van der Waals surface area contributed by atoms with Crippen LogP contribution in [0.1, 0.15) is 37.9 Å². The fraction of sp³-hybridized carbons (Fsp3) is 0.409. The minimum Gasteiger partial charge on any atom is -0.508 e. The van der Waals surface area contributed by atoms with Gasteiger partial charge < -0.3 is 14.7 Å². The van der Waals surface area contributed by atoms with Crippen molar-refractivity contribution >= 4 is 6.09 Å². The van der Waals surface area contributed by atoms with Crippen LogP contribution in [0.4, 0.5) is 4.79 Å². The number of para-hydroxylation sites is 1. The van der Waals surface area contributed by atoms with Crippen molar-refractivity contribution in [3.8, 4) is 5.75 Å². The molecule has 5 nitrogen and oxygen atoms in total. The number of phenolic OH excluding ortho intramolecular Hbond substituents is 1. The molecule has 1 atom stereocenters. The Labute approximate surface area is 161 Å². The van der Waals surface area contributed by atoms with Gasteiger partial charge in [0.15, 0.2) is 0 Å². The van der Waals surface area contributed by atoms with Crippen molar-refractivity contribution in [1.82, 2.24) is 9.80 Å². The standard InChI is InChI=1S/C22H28N2O3/c1-22(2,3)27-21(26)24-15-13-23(14-16-24)20(17-9-5-4-6-10-17)18-11-7-8-12-19(18)25/h4-12,20,25H,13-16H2,1-3H3. The van der Waals surface area contributed by atoms with E-state index >= 15 is 0 Å². The van der Waals surface area contributed by atoms with Gasteiger partial charge in [-0.1, -0.05) is 48.5 Å². The van der Waals surface area contributed by atoms with E-state index in [9.17, 15) is 9.90 Å². The van der Waals surface area contributed by atoms with E-state index in [1.54, 1.807) is 11.0 Å². The summed E-state index contributed by atoms with van der Waals surface area (Å²) in [5, 5.41) is 10.4. The van der Waals surface area contributed by atoms with Crippen LogP contribution in [0.2, 0.25) is 0 Å². The van der Waals surface area contributed by atoms with Crippen LogP contribution < -0.4 is 0 Å². The number of piperazine rings is 1. The van der Waals surface area contributed by atoms with E-state index < -0.39 is 5.60 Å². The molecule has 1 amide bonds. The van der Waals surface area contributed by atoms with Crippen molar-refractivity contribution in [2.75, 3.05) is 26.2 Å². The van der Waals surface area contributed by atoms with Crippen molar-refractivity contribution in [2.45, 2.75) is 32.4 Å². The van der Waals surface area contributed by atoms with Crippen molar-refractivity contribution in [1.29, 1.82) is 0 Å². The predicted molar refractivity (Wildman–Crippen MR) is 106 cm³/mol. The van der Waals surface area contributed by atoms with Gasteiger partial charge in [0, 0.05) is 31.7 Å². The van der Waals surface area contributed by atoms with Crippen LogP contribution in [0.5, 0.6) is 5.75 Å². The fourth-order valence-electron chi connectivity index (χ4n) is 3.43. The molecule has 1 fully saturated rings. The van der Waals surface area contributed by atoms with Gasteiger partial charge in [-0.2, -0.15) is 0 Å². The fourth-order valence-corrected chi connectivity index (χ4v) is 3.43. The Kier molecular flexibility index (Phi) is 5.71. The number of benzene rings is 2. The third kappa shape index (κ3) is 4.80. The number of carbonyl (C=O) groups is 1. The molecule has 0 saturated carbocycles. The SMILES string of the molecule is CC(C)(C)OC(=O)N1CCN(C(c2ccccc2)c2ccccc2O)CC1. The van der Waals surface area contributed by atoms with Gasteiger partial charge in [-0.05, 0) is 32.4 Å². The molecular formula is C22H28N2O3. The molecule has 2 aromatic rings. The summed E-state index contributed by atoms with van der Waals surface area (Å²) in [6.07, 6.45) is -0.263. The summed E-state index contributed by atoms with van der Waals surface area (Å²) in [5.41, 5.74) is 1.52. The Hall–Kier alpha value is -2.53. The Bertz CT molecular complexity index is 763. The Morgan fingerprint density at radius 1 is 0.963 bits per heavy atom. The first-order chi connectivity index (χ1) is 12.8. The second-order valence-corrected chi connectivity index (χ2v) is 7.88. The van der Waals surface area contributed by atoms with Crippen LogP contribution >= 0.6 is 0 Å². The summed E-state index contributed by atoms with van der Waals surface area (Å²) in [6.45, 7) is 8.28. The quantitative estimate of drug-likeness (QED) is 0.889. The molecule has 3 rings (SSSR count). The minimum absolute atomic E-state index is 0.0480. The lowest BCUT2D eigenvalue weighted by Gasteiger charge is -2.40. The number of ether oxygens (including phenoxy) is 1. The molecule has 1 saturated heterocycles. The van der Waals surface area contributed by atoms with Crippen LogP contribution in [0.3, 0.4) is 0 Å². The maximum atomic E-state index is 12.3. The average Bonchev–Trinajstić information content (AvgIpc) is 2.64. The monoisotopic (exact) mass is 368 g/mol. The normalized spacial score (nSPS) is 16.8. The highest BCUT2D eigenvalue weighted by molar-refractivity contribution is 5.68. The molecule has 5 heteroatoms. The van der Waals surface area contributed by atoms with E-state index in [1.165, 1.54) is 0 Å². The van der Waals surface area contributed by atoms with Crippen molar-refractivity contribution < 1.29 is 14.6 Å². The molecule has 1 aliphatic rings. The molecule has 1 aliphatic heterocycles. The molecule has 144 valence electrons. The van der Waals surface area contributed by atoms with Crippen LogP contribution in [0.15, 0.2) is 54.6 Å². The Balaban J connectivity index is 1.78. The van der Waals surface area contributed by atoms with Crippen LogP contribution in [-0.2, 0) is 4.74 Å². The molecule has 1 heterocycles. The van der Waals surface area contributed by atoms with Gasteiger partial charge >= 0.3 is 6.09 Å². The Morgan fingerprint density at radius 2 is 1.56 bits per heavy atom. The zero-order valence-corrected chi connectivity index (χ0v) is 16.3. The molecule has 1 N–H and O–H groups in total. The van der Waals surface area contributed by atoms with Gasteiger partial charge in [-0.25, -0.2) is 4.79 Å². The molecule has 0 spiro atoms. The number of rotatable bonds is 3. The maximum absolute atomic E-state index is 12.3. The Morgan fingerprint density at radius 3 is 2.15 bits per heavy atom. The number of carbonyl (C=O) groups excluding carboxylic acids is 1. The number of hydrogen-bond acceptors (Lipinski definition) is 4. The lowest BCUT2D eigenvalue weighted by atomic mass is 9.95. The lowest BCUT2D eigenvalue weighted by Crippen LogP contribution is -2.51. The number of nitrogens with zero attached hydrogens (tertiary/aromatic N) is 2. The minimum atomic E-state index is -0.489. The number of hydrogen-bond donors (Lipinski definition) is 1. The van der Waals surface area contributed by atoms with Crippen LogP contribution in [0, 0.1) is 0 Å². The lowest BCUT2D eigenvalue weighted by molar-refractivity contribution is 0.0118. The molecule has 0 radical (unpaired) electrons. The molecule has 2 aromatic carbocycles. The summed E-state index contributed by atoms with van der Waals surface area (Å²) < 4.78 is 5.49. The molecular weight excluding hydrogens is 340 g/mol. The number of phenols is 1. The van der Waals surface area contributed by atoms with Gasteiger partial charge in [0.2, 0.25) is 0 Å². The molecule has 27 heavy (non-hydrogen) atoms. The van der Waals surface area contributed by atoms with Crippen LogP contribution in [-0.4, -0.2) is 52.8 Å². The van der Waals surface area contributed by atoms with Crippen LogP contribution in [0.25, 0.3) is 0 Å². The summed E-state index contributed by atoms with van der Waals surface area (Å²) in [5.74, 6) is 0.293. The highest BCUT2D eigenvalue weighted by atomic mass is 16.6.